The van der Waals surface area contributed by atoms with Gasteiger partial charge in [0.15, 0.2) is 0 Å². The van der Waals surface area contributed by atoms with Crippen LogP contribution in [0.5, 0.6) is 5.75 Å². The number of hydrogen-bond acceptors (Lipinski definition) is 5. The second-order valence-corrected chi connectivity index (χ2v) is 4.89. The van der Waals surface area contributed by atoms with Gasteiger partial charge >= 0.3 is 13.1 Å². The number of ether oxygens (including phenoxy) is 1. The number of carbonyl (C=O) groups is 2. The van der Waals surface area contributed by atoms with Gasteiger partial charge in [-0.1, -0.05) is 12.1 Å². The third-order valence-electron chi connectivity index (χ3n) is 3.27. The lowest BCUT2D eigenvalue weighted by molar-refractivity contribution is -0.117. The van der Waals surface area contributed by atoms with Crippen molar-refractivity contribution in [1.29, 1.82) is 0 Å². The first kappa shape index (κ1) is 14.6. The van der Waals surface area contributed by atoms with Crippen LogP contribution in [0.4, 0.5) is 0 Å². The summed E-state index contributed by atoms with van der Waals surface area (Å²) in [5, 5.41) is 9.97. The van der Waals surface area contributed by atoms with Crippen LogP contribution in [0.15, 0.2) is 18.2 Å². The number of carbonyl (C=O) groups excluding carboxylic acids is 2. The summed E-state index contributed by atoms with van der Waals surface area (Å²) in [6.07, 6.45) is 0.758. The summed E-state index contributed by atoms with van der Waals surface area (Å²) in [7, 11) is -1.08. The first-order chi connectivity index (χ1) is 9.52. The molecule has 0 radical (unpaired) electrons. The fourth-order valence-corrected chi connectivity index (χ4v) is 2.40. The van der Waals surface area contributed by atoms with E-state index in [1.165, 1.54) is 6.92 Å². The normalized spacial score (nSPS) is 17.1. The average Bonchev–Trinajstić information content (AvgIpc) is 2.38. The Hall–Kier alpha value is -1.82. The number of Topliss-reactive ketones (excluding diaryl/α,β-unsaturated/α-hetero) is 1. The van der Waals surface area contributed by atoms with Crippen molar-refractivity contribution in [3.05, 3.63) is 29.3 Å². The van der Waals surface area contributed by atoms with Crippen LogP contribution >= 0.6 is 0 Å². The van der Waals surface area contributed by atoms with Crippen LogP contribution < -0.4 is 4.65 Å². The molecule has 0 bridgehead atoms. The molecule has 5 nitrogen and oxygen atoms in total. The lowest BCUT2D eigenvalue weighted by atomic mass is 9.64. The van der Waals surface area contributed by atoms with Crippen LogP contribution in [0, 0.1) is 0 Å². The van der Waals surface area contributed by atoms with Gasteiger partial charge in [-0.25, -0.2) is 4.79 Å². The van der Waals surface area contributed by atoms with Crippen LogP contribution in [-0.4, -0.2) is 30.5 Å². The number of fused-ring (bicyclic) bond motifs is 1. The van der Waals surface area contributed by atoms with Crippen LogP contribution in [0.3, 0.4) is 0 Å². The van der Waals surface area contributed by atoms with Crippen LogP contribution in [0.25, 0.3) is 0 Å². The summed E-state index contributed by atoms with van der Waals surface area (Å²) in [5.74, 6) is -0.389. The number of rotatable bonds is 4. The van der Waals surface area contributed by atoms with E-state index in [2.05, 4.69) is 0 Å². The molecule has 0 aliphatic carbocycles. The molecule has 0 spiro atoms. The third kappa shape index (κ3) is 3.01. The van der Waals surface area contributed by atoms with E-state index in [-0.39, 0.29) is 24.6 Å². The maximum Gasteiger partial charge on any atom is 0.526 e. The van der Waals surface area contributed by atoms with E-state index in [9.17, 15) is 14.6 Å². The van der Waals surface area contributed by atoms with E-state index in [0.717, 1.165) is 5.56 Å². The van der Waals surface area contributed by atoms with Gasteiger partial charge in [-0.15, -0.1) is 0 Å². The number of benzene rings is 1. The van der Waals surface area contributed by atoms with E-state index in [4.69, 9.17) is 9.39 Å². The first-order valence-electron chi connectivity index (χ1n) is 6.66. The van der Waals surface area contributed by atoms with Crippen molar-refractivity contribution in [3.8, 4) is 5.75 Å². The number of para-hydroxylation sites is 1. The number of esters is 1. The van der Waals surface area contributed by atoms with E-state index >= 15 is 0 Å². The van der Waals surface area contributed by atoms with Gasteiger partial charge in [-0.2, -0.15) is 0 Å². The largest absolute Gasteiger partial charge is 0.535 e. The Labute approximate surface area is 118 Å². The van der Waals surface area contributed by atoms with Gasteiger partial charge in [0, 0.05) is 12.2 Å². The molecule has 20 heavy (non-hydrogen) atoms. The zero-order valence-electron chi connectivity index (χ0n) is 11.6. The van der Waals surface area contributed by atoms with Crippen molar-refractivity contribution in [2.75, 3.05) is 6.61 Å². The summed E-state index contributed by atoms with van der Waals surface area (Å²) < 4.78 is 10.4. The minimum Gasteiger partial charge on any atom is -0.535 e. The van der Waals surface area contributed by atoms with Crippen LogP contribution in [0.2, 0.25) is 5.82 Å². The fraction of sp³-hybridized carbons (Fsp3) is 0.429. The summed E-state index contributed by atoms with van der Waals surface area (Å²) in [4.78, 5) is 23.0. The topological polar surface area (TPSA) is 72.8 Å². The lowest BCUT2D eigenvalue weighted by Gasteiger charge is -2.28. The van der Waals surface area contributed by atoms with Gasteiger partial charge in [0.1, 0.15) is 17.1 Å². The number of hydrogen-bond donors (Lipinski definition) is 1. The van der Waals surface area contributed by atoms with Gasteiger partial charge in [0.25, 0.3) is 0 Å². The van der Waals surface area contributed by atoms with Gasteiger partial charge in [-0.3, -0.25) is 0 Å². The van der Waals surface area contributed by atoms with Crippen molar-refractivity contribution in [1.82, 2.24) is 0 Å². The summed E-state index contributed by atoms with van der Waals surface area (Å²) in [6, 6.07) is 5.18. The van der Waals surface area contributed by atoms with Crippen LogP contribution in [0.1, 0.15) is 36.2 Å². The van der Waals surface area contributed by atoms with Crippen molar-refractivity contribution >= 4 is 18.9 Å². The molecular weight excluding hydrogens is 259 g/mol. The SMILES string of the molecule is CCOC(=O)c1cccc2c1OB(O)[C@@H](CC(C)=O)C2. The molecule has 0 saturated carbocycles. The minimum atomic E-state index is -1.08. The molecule has 1 aromatic carbocycles. The molecule has 0 saturated heterocycles. The Kier molecular flexibility index (Phi) is 4.44. The molecule has 2 rings (SSSR count). The highest BCUT2D eigenvalue weighted by Crippen LogP contribution is 2.36. The molecule has 1 heterocycles. The monoisotopic (exact) mass is 276 g/mol. The quantitative estimate of drug-likeness (QED) is 0.668. The highest BCUT2D eigenvalue weighted by molar-refractivity contribution is 6.46. The maximum atomic E-state index is 11.8. The predicted octanol–water partition coefficient (Wildman–Crippen LogP) is 1.63. The zero-order chi connectivity index (χ0) is 14.7. The molecule has 106 valence electrons. The average molecular weight is 276 g/mol. The third-order valence-corrected chi connectivity index (χ3v) is 3.27. The molecule has 1 atom stereocenters. The Morgan fingerprint density at radius 1 is 1.50 bits per heavy atom. The Bertz CT molecular complexity index is 528. The van der Waals surface area contributed by atoms with Crippen molar-refractivity contribution < 1.29 is 24.0 Å². The molecule has 1 aliphatic heterocycles. The van der Waals surface area contributed by atoms with Gasteiger partial charge < -0.3 is 19.2 Å². The zero-order valence-corrected chi connectivity index (χ0v) is 11.6. The van der Waals surface area contributed by atoms with Gasteiger partial charge in [-0.05, 0) is 31.9 Å². The second kappa shape index (κ2) is 6.09. The molecular formula is C14H17BO5. The van der Waals surface area contributed by atoms with Crippen LogP contribution in [-0.2, 0) is 16.0 Å². The van der Waals surface area contributed by atoms with E-state index in [0.29, 0.717) is 17.7 Å². The summed E-state index contributed by atoms with van der Waals surface area (Å²) >= 11 is 0. The molecule has 6 heteroatoms. The summed E-state index contributed by atoms with van der Waals surface area (Å²) in [6.45, 7) is 3.49. The highest BCUT2D eigenvalue weighted by Gasteiger charge is 2.37. The summed E-state index contributed by atoms with van der Waals surface area (Å²) in [5.41, 5.74) is 1.12. The Morgan fingerprint density at radius 3 is 2.90 bits per heavy atom. The predicted molar refractivity (Wildman–Crippen MR) is 73.8 cm³/mol. The number of ketones is 1. The van der Waals surface area contributed by atoms with Crippen molar-refractivity contribution in [2.45, 2.75) is 32.5 Å². The molecule has 0 fully saturated rings. The standard InChI is InChI=1S/C14H17BO5/c1-3-19-14(17)12-6-4-5-10-8-11(7-9(2)16)15(18)20-13(10)12/h4-6,11,18H,3,7-8H2,1-2H3/t11-/m0/s1. The molecule has 1 aliphatic rings. The van der Waals surface area contributed by atoms with Gasteiger partial charge in [0.05, 0.1) is 6.61 Å². The molecule has 0 aromatic heterocycles. The second-order valence-electron chi connectivity index (χ2n) is 4.89. The van der Waals surface area contributed by atoms with Crippen molar-refractivity contribution in [2.24, 2.45) is 0 Å². The molecule has 0 amide bonds. The Morgan fingerprint density at radius 2 is 2.25 bits per heavy atom. The Balaban J connectivity index is 2.28. The van der Waals surface area contributed by atoms with Crippen molar-refractivity contribution in [3.63, 3.8) is 0 Å². The molecule has 0 unspecified atom stereocenters. The smallest absolute Gasteiger partial charge is 0.526 e. The minimum absolute atomic E-state index is 0.00245. The lowest BCUT2D eigenvalue weighted by Crippen LogP contribution is -2.35. The van der Waals surface area contributed by atoms with E-state index in [1.807, 2.05) is 6.07 Å². The molecule has 1 aromatic rings. The van der Waals surface area contributed by atoms with Gasteiger partial charge in [0.2, 0.25) is 0 Å². The maximum absolute atomic E-state index is 11.8. The van der Waals surface area contributed by atoms with E-state index in [1.54, 1.807) is 19.1 Å². The first-order valence-corrected chi connectivity index (χ1v) is 6.66. The molecule has 1 N–H and O–H groups in total. The van der Waals surface area contributed by atoms with E-state index < -0.39 is 13.1 Å². The highest BCUT2D eigenvalue weighted by atomic mass is 16.5. The fourth-order valence-electron chi connectivity index (χ4n) is 2.40.